The number of hydrogen-bond donors (Lipinski definition) is 1. The van der Waals surface area contributed by atoms with Crippen LogP contribution in [0.15, 0.2) is 46.8 Å². The van der Waals surface area contributed by atoms with Crippen molar-refractivity contribution in [2.24, 2.45) is 0 Å². The third kappa shape index (κ3) is 5.38. The van der Waals surface area contributed by atoms with Crippen molar-refractivity contribution in [2.45, 2.75) is 78.1 Å². The number of allylic oxidation sites excluding steroid dienone is 3. The maximum absolute atomic E-state index is 13.2. The predicted molar refractivity (Wildman–Crippen MR) is 122 cm³/mol. The van der Waals surface area contributed by atoms with Crippen LogP contribution in [0.2, 0.25) is 0 Å². The first-order valence-electron chi connectivity index (χ1n) is 11.7. The maximum Gasteiger partial charge on any atom is 0.336 e. The fraction of sp³-hybridized carbons (Fsp3) is 0.538. The van der Waals surface area contributed by atoms with Gasteiger partial charge in [0.05, 0.1) is 24.7 Å². The van der Waals surface area contributed by atoms with Gasteiger partial charge in [0.2, 0.25) is 0 Å². The Morgan fingerprint density at radius 3 is 2.61 bits per heavy atom. The molecular weight excluding hydrogens is 390 g/mol. The number of hydrogen-bond acceptors (Lipinski definition) is 5. The zero-order chi connectivity index (χ0) is 22.2. The van der Waals surface area contributed by atoms with Gasteiger partial charge in [0.15, 0.2) is 5.78 Å². The standard InChI is InChI=1S/C26H35NO4/c1-4-6-10-17-31-26(29)23-18(3)27-20-13-11-14-21(28)25(20)24(23)19-12-8-9-15-22(19)30-16-7-5-2/h8-9,12,15,24,27H,4-7,10-11,13-14,16-17H2,1-3H3/t24-/m0/s1. The third-order valence-electron chi connectivity index (χ3n) is 5.96. The summed E-state index contributed by atoms with van der Waals surface area (Å²) in [6.45, 7) is 7.15. The molecule has 0 bridgehead atoms. The molecule has 0 fully saturated rings. The van der Waals surface area contributed by atoms with Crippen LogP contribution >= 0.6 is 0 Å². The van der Waals surface area contributed by atoms with Crippen molar-refractivity contribution >= 4 is 11.8 Å². The summed E-state index contributed by atoms with van der Waals surface area (Å²) in [5.74, 6) is 0.0305. The molecule has 2 aliphatic rings. The molecule has 1 aliphatic heterocycles. The SMILES string of the molecule is CCCCCOC(=O)C1=C(C)NC2=C(C(=O)CCC2)[C@H]1c1ccccc1OCCCC. The summed E-state index contributed by atoms with van der Waals surface area (Å²) < 4.78 is 11.7. The van der Waals surface area contributed by atoms with Crippen molar-refractivity contribution in [3.63, 3.8) is 0 Å². The Kier molecular flexibility index (Phi) is 8.33. The first-order chi connectivity index (χ1) is 15.1. The molecule has 0 amide bonds. The van der Waals surface area contributed by atoms with Crippen LogP contribution < -0.4 is 10.1 Å². The van der Waals surface area contributed by atoms with Crippen molar-refractivity contribution in [3.05, 3.63) is 52.4 Å². The van der Waals surface area contributed by atoms with Gasteiger partial charge < -0.3 is 14.8 Å². The molecule has 1 heterocycles. The molecule has 168 valence electrons. The minimum atomic E-state index is -0.458. The number of nitrogens with one attached hydrogen (secondary N) is 1. The Balaban J connectivity index is 2.00. The van der Waals surface area contributed by atoms with Gasteiger partial charge in [0.1, 0.15) is 5.75 Å². The summed E-state index contributed by atoms with van der Waals surface area (Å²) in [4.78, 5) is 26.3. The number of unbranched alkanes of at least 4 members (excludes halogenated alkanes) is 3. The molecule has 1 aromatic rings. The van der Waals surface area contributed by atoms with Gasteiger partial charge in [-0.05, 0) is 38.7 Å². The van der Waals surface area contributed by atoms with Crippen LogP contribution in [0.3, 0.4) is 0 Å². The molecule has 5 heteroatoms. The number of ether oxygens (including phenoxy) is 2. The number of ketones is 1. The van der Waals surface area contributed by atoms with Crippen LogP contribution in [0.4, 0.5) is 0 Å². The van der Waals surface area contributed by atoms with Gasteiger partial charge in [-0.3, -0.25) is 4.79 Å². The average Bonchev–Trinajstić information content (AvgIpc) is 2.76. The monoisotopic (exact) mass is 425 g/mol. The van der Waals surface area contributed by atoms with Crippen LogP contribution in [0.1, 0.15) is 83.6 Å². The van der Waals surface area contributed by atoms with Crippen molar-refractivity contribution in [2.75, 3.05) is 13.2 Å². The zero-order valence-electron chi connectivity index (χ0n) is 19.1. The lowest BCUT2D eigenvalue weighted by atomic mass is 9.75. The second-order valence-corrected chi connectivity index (χ2v) is 8.35. The van der Waals surface area contributed by atoms with E-state index in [9.17, 15) is 9.59 Å². The summed E-state index contributed by atoms with van der Waals surface area (Å²) in [7, 11) is 0. The molecule has 31 heavy (non-hydrogen) atoms. The van der Waals surface area contributed by atoms with Gasteiger partial charge >= 0.3 is 5.97 Å². The lowest BCUT2D eigenvalue weighted by Gasteiger charge is -2.34. The summed E-state index contributed by atoms with van der Waals surface area (Å²) in [6, 6.07) is 7.78. The van der Waals surface area contributed by atoms with Gasteiger partial charge in [0.25, 0.3) is 0 Å². The Labute approximate surface area is 185 Å². The minimum Gasteiger partial charge on any atom is -0.493 e. The van der Waals surface area contributed by atoms with Crippen LogP contribution in [0, 0.1) is 0 Å². The quantitative estimate of drug-likeness (QED) is 0.392. The highest BCUT2D eigenvalue weighted by atomic mass is 16.5. The number of dihydropyridines is 1. The molecule has 1 aliphatic carbocycles. The lowest BCUT2D eigenvalue weighted by Crippen LogP contribution is -2.34. The molecule has 5 nitrogen and oxygen atoms in total. The van der Waals surface area contributed by atoms with E-state index in [1.54, 1.807) is 0 Å². The normalized spacial score (nSPS) is 18.5. The summed E-state index contributed by atoms with van der Waals surface area (Å²) >= 11 is 0. The van der Waals surface area contributed by atoms with Crippen molar-refractivity contribution in [3.8, 4) is 5.75 Å². The van der Waals surface area contributed by atoms with E-state index in [4.69, 9.17) is 9.47 Å². The van der Waals surface area contributed by atoms with E-state index in [0.29, 0.717) is 30.8 Å². The van der Waals surface area contributed by atoms with E-state index in [0.717, 1.165) is 67.7 Å². The van der Waals surface area contributed by atoms with E-state index in [1.165, 1.54) is 0 Å². The average molecular weight is 426 g/mol. The Morgan fingerprint density at radius 2 is 1.84 bits per heavy atom. The number of Topliss-reactive ketones (excluding diaryl/α,β-unsaturated/α-hetero) is 1. The molecule has 0 aromatic heterocycles. The molecule has 0 radical (unpaired) electrons. The number of para-hydroxylation sites is 1. The molecule has 1 N–H and O–H groups in total. The van der Waals surface area contributed by atoms with Crippen molar-refractivity contribution < 1.29 is 19.1 Å². The first kappa shape index (κ1) is 23.1. The number of esters is 1. The second kappa shape index (κ2) is 11.2. The van der Waals surface area contributed by atoms with Gasteiger partial charge in [-0.25, -0.2) is 4.79 Å². The highest BCUT2D eigenvalue weighted by Gasteiger charge is 2.40. The van der Waals surface area contributed by atoms with E-state index in [1.807, 2.05) is 31.2 Å². The Bertz CT molecular complexity index is 868. The van der Waals surface area contributed by atoms with E-state index in [-0.39, 0.29) is 11.8 Å². The largest absolute Gasteiger partial charge is 0.493 e. The minimum absolute atomic E-state index is 0.103. The van der Waals surface area contributed by atoms with Gasteiger partial charge in [0, 0.05) is 29.0 Å². The van der Waals surface area contributed by atoms with Crippen LogP contribution in [0.5, 0.6) is 5.75 Å². The Morgan fingerprint density at radius 1 is 1.06 bits per heavy atom. The highest BCUT2D eigenvalue weighted by Crippen LogP contribution is 2.45. The molecule has 0 unspecified atom stereocenters. The maximum atomic E-state index is 13.2. The van der Waals surface area contributed by atoms with Crippen LogP contribution in [-0.4, -0.2) is 25.0 Å². The van der Waals surface area contributed by atoms with Gasteiger partial charge in [-0.1, -0.05) is 51.3 Å². The Hall–Kier alpha value is -2.56. The van der Waals surface area contributed by atoms with Crippen LogP contribution in [-0.2, 0) is 14.3 Å². The molecule has 3 rings (SSSR count). The number of carbonyl (C=O) groups excluding carboxylic acids is 2. The lowest BCUT2D eigenvalue weighted by molar-refractivity contribution is -0.139. The fourth-order valence-corrected chi connectivity index (χ4v) is 4.34. The third-order valence-corrected chi connectivity index (χ3v) is 5.96. The van der Waals surface area contributed by atoms with Crippen LogP contribution in [0.25, 0.3) is 0 Å². The first-order valence-corrected chi connectivity index (χ1v) is 11.7. The van der Waals surface area contributed by atoms with Gasteiger partial charge in [-0.2, -0.15) is 0 Å². The molecule has 1 atom stereocenters. The van der Waals surface area contributed by atoms with Crippen molar-refractivity contribution in [1.82, 2.24) is 5.32 Å². The molecule has 0 spiro atoms. The van der Waals surface area contributed by atoms with E-state index in [2.05, 4.69) is 19.2 Å². The summed E-state index contributed by atoms with van der Waals surface area (Å²) in [5, 5.41) is 3.35. The molecular formula is C26H35NO4. The topological polar surface area (TPSA) is 64.6 Å². The fourth-order valence-electron chi connectivity index (χ4n) is 4.34. The molecule has 1 aromatic carbocycles. The molecule has 0 saturated heterocycles. The highest BCUT2D eigenvalue weighted by molar-refractivity contribution is 6.04. The summed E-state index contributed by atoms with van der Waals surface area (Å²) in [5.41, 5.74) is 3.79. The van der Waals surface area contributed by atoms with Crippen molar-refractivity contribution in [1.29, 1.82) is 0 Å². The number of carbonyl (C=O) groups is 2. The van der Waals surface area contributed by atoms with E-state index >= 15 is 0 Å². The molecule has 0 saturated carbocycles. The summed E-state index contributed by atoms with van der Waals surface area (Å²) in [6.07, 6.45) is 7.07. The zero-order valence-corrected chi connectivity index (χ0v) is 19.1. The number of benzene rings is 1. The second-order valence-electron chi connectivity index (χ2n) is 8.35. The van der Waals surface area contributed by atoms with Gasteiger partial charge in [-0.15, -0.1) is 0 Å². The number of rotatable bonds is 10. The van der Waals surface area contributed by atoms with E-state index < -0.39 is 5.92 Å². The smallest absolute Gasteiger partial charge is 0.336 e. The predicted octanol–water partition coefficient (Wildman–Crippen LogP) is 5.57.